The molecule has 1 aromatic heterocycles. The zero-order chi connectivity index (χ0) is 10.7. The third kappa shape index (κ3) is 2.69. The van der Waals surface area contributed by atoms with Gasteiger partial charge in [0.2, 0.25) is 0 Å². The van der Waals surface area contributed by atoms with E-state index in [9.17, 15) is 4.79 Å². The average molecular weight is 195 g/mol. The van der Waals surface area contributed by atoms with E-state index >= 15 is 0 Å². The van der Waals surface area contributed by atoms with Gasteiger partial charge in [-0.15, -0.1) is 0 Å². The molecule has 1 heterocycles. The molecule has 0 aliphatic rings. The normalized spacial score (nSPS) is 11.8. The Morgan fingerprint density at radius 3 is 2.64 bits per heavy atom. The molecule has 0 saturated carbocycles. The van der Waals surface area contributed by atoms with Gasteiger partial charge in [0.1, 0.15) is 11.6 Å². The van der Waals surface area contributed by atoms with Gasteiger partial charge < -0.3 is 5.11 Å². The number of hydrogen-bond donors (Lipinski definition) is 1. The van der Waals surface area contributed by atoms with Crippen molar-refractivity contribution >= 4 is 5.97 Å². The van der Waals surface area contributed by atoms with Crippen LogP contribution in [-0.4, -0.2) is 25.8 Å². The van der Waals surface area contributed by atoms with Crippen LogP contribution < -0.4 is 0 Å². The van der Waals surface area contributed by atoms with Crippen LogP contribution in [-0.2, 0) is 11.3 Å². The fourth-order valence-corrected chi connectivity index (χ4v) is 1.20. The maximum Gasteiger partial charge on any atom is 0.328 e. The molecule has 0 aliphatic carbocycles. The van der Waals surface area contributed by atoms with Crippen LogP contribution in [0.25, 0.3) is 0 Å². The fraction of sp³-hybridized carbons (Fsp3) is 0.444. The Balaban J connectivity index is 2.79. The summed E-state index contributed by atoms with van der Waals surface area (Å²) in [6.07, 6.45) is 1.18. The van der Waals surface area contributed by atoms with Crippen molar-refractivity contribution in [3.63, 3.8) is 0 Å². The summed E-state index contributed by atoms with van der Waals surface area (Å²) in [5, 5.41) is 12.6. The van der Waals surface area contributed by atoms with E-state index in [1.165, 1.54) is 6.08 Å². The first-order chi connectivity index (χ1) is 6.49. The molecule has 0 aromatic carbocycles. The van der Waals surface area contributed by atoms with Crippen molar-refractivity contribution in [2.45, 2.75) is 27.3 Å². The van der Waals surface area contributed by atoms with E-state index in [2.05, 4.69) is 10.1 Å². The summed E-state index contributed by atoms with van der Waals surface area (Å²) in [5.41, 5.74) is 0.741. The Kier molecular flexibility index (Phi) is 3.01. The molecule has 0 radical (unpaired) electrons. The second kappa shape index (κ2) is 4.04. The first-order valence-electron chi connectivity index (χ1n) is 4.27. The topological polar surface area (TPSA) is 68.0 Å². The molecule has 0 aliphatic heterocycles. The van der Waals surface area contributed by atoms with E-state index < -0.39 is 5.97 Å². The number of carboxylic acids is 1. The maximum absolute atomic E-state index is 10.4. The predicted octanol–water partition coefficient (Wildman–Crippen LogP) is 0.926. The molecular weight excluding hydrogens is 182 g/mol. The lowest BCUT2D eigenvalue weighted by atomic mass is 10.3. The zero-order valence-electron chi connectivity index (χ0n) is 8.48. The van der Waals surface area contributed by atoms with E-state index in [1.807, 2.05) is 6.92 Å². The SMILES string of the molecule is CC(=CC(=O)O)Cn1nc(C)nc1C. The number of aromatic nitrogens is 3. The number of aliphatic carboxylic acids is 1. The van der Waals surface area contributed by atoms with Crippen LogP contribution in [0.3, 0.4) is 0 Å². The van der Waals surface area contributed by atoms with Gasteiger partial charge in [0.05, 0.1) is 6.54 Å². The molecule has 1 rings (SSSR count). The van der Waals surface area contributed by atoms with Gasteiger partial charge in [0.15, 0.2) is 0 Å². The van der Waals surface area contributed by atoms with Gasteiger partial charge in [-0.25, -0.2) is 14.5 Å². The van der Waals surface area contributed by atoms with Crippen LogP contribution in [0.1, 0.15) is 18.6 Å². The molecule has 0 unspecified atom stereocenters. The van der Waals surface area contributed by atoms with Gasteiger partial charge in [-0.1, -0.05) is 0 Å². The summed E-state index contributed by atoms with van der Waals surface area (Å²) in [6, 6.07) is 0. The van der Waals surface area contributed by atoms with E-state index in [0.717, 1.165) is 11.4 Å². The molecule has 1 aromatic rings. The molecule has 76 valence electrons. The van der Waals surface area contributed by atoms with Crippen molar-refractivity contribution in [2.75, 3.05) is 0 Å². The van der Waals surface area contributed by atoms with Gasteiger partial charge in [-0.2, -0.15) is 5.10 Å². The molecule has 0 spiro atoms. The summed E-state index contributed by atoms with van der Waals surface area (Å²) in [6.45, 7) is 5.87. The van der Waals surface area contributed by atoms with Crippen molar-refractivity contribution in [3.05, 3.63) is 23.3 Å². The minimum absolute atomic E-state index is 0.471. The lowest BCUT2D eigenvalue weighted by Crippen LogP contribution is -2.05. The largest absolute Gasteiger partial charge is 0.478 e. The summed E-state index contributed by atoms with van der Waals surface area (Å²) in [4.78, 5) is 14.5. The Hall–Kier alpha value is -1.65. The van der Waals surface area contributed by atoms with Crippen LogP contribution >= 0.6 is 0 Å². The minimum atomic E-state index is -0.933. The lowest BCUT2D eigenvalue weighted by Gasteiger charge is -2.01. The highest BCUT2D eigenvalue weighted by Gasteiger charge is 2.03. The molecule has 5 nitrogen and oxygen atoms in total. The van der Waals surface area contributed by atoms with Gasteiger partial charge in [0.25, 0.3) is 0 Å². The Bertz CT molecular complexity index is 379. The van der Waals surface area contributed by atoms with E-state index in [-0.39, 0.29) is 0 Å². The number of hydrogen-bond acceptors (Lipinski definition) is 3. The molecular formula is C9H13N3O2. The van der Waals surface area contributed by atoms with E-state index in [1.54, 1.807) is 18.5 Å². The van der Waals surface area contributed by atoms with E-state index in [0.29, 0.717) is 12.4 Å². The van der Waals surface area contributed by atoms with Crippen molar-refractivity contribution in [3.8, 4) is 0 Å². The quantitative estimate of drug-likeness (QED) is 0.728. The predicted molar refractivity (Wildman–Crippen MR) is 50.9 cm³/mol. The van der Waals surface area contributed by atoms with Crippen molar-refractivity contribution in [1.29, 1.82) is 0 Å². The second-order valence-electron chi connectivity index (χ2n) is 3.19. The Morgan fingerprint density at radius 2 is 2.21 bits per heavy atom. The maximum atomic E-state index is 10.4. The molecule has 5 heteroatoms. The third-order valence-electron chi connectivity index (χ3n) is 1.73. The second-order valence-corrected chi connectivity index (χ2v) is 3.19. The first-order valence-corrected chi connectivity index (χ1v) is 4.27. The molecule has 0 atom stereocenters. The summed E-state index contributed by atoms with van der Waals surface area (Å²) >= 11 is 0. The lowest BCUT2D eigenvalue weighted by molar-refractivity contribution is -0.131. The first kappa shape index (κ1) is 10.4. The highest BCUT2D eigenvalue weighted by molar-refractivity contribution is 5.80. The summed E-state index contributed by atoms with van der Waals surface area (Å²) < 4.78 is 1.68. The molecule has 0 fully saturated rings. The smallest absolute Gasteiger partial charge is 0.328 e. The molecule has 14 heavy (non-hydrogen) atoms. The highest BCUT2D eigenvalue weighted by atomic mass is 16.4. The third-order valence-corrected chi connectivity index (χ3v) is 1.73. The number of allylic oxidation sites excluding steroid dienone is 1. The van der Waals surface area contributed by atoms with Gasteiger partial charge in [0, 0.05) is 6.08 Å². The fourth-order valence-electron chi connectivity index (χ4n) is 1.20. The molecule has 1 N–H and O–H groups in total. The van der Waals surface area contributed by atoms with E-state index in [4.69, 9.17) is 5.11 Å². The van der Waals surface area contributed by atoms with Crippen LogP contribution in [0.2, 0.25) is 0 Å². The molecule has 0 saturated heterocycles. The number of carbonyl (C=O) groups is 1. The minimum Gasteiger partial charge on any atom is -0.478 e. The zero-order valence-corrected chi connectivity index (χ0v) is 8.48. The number of rotatable bonds is 3. The summed E-state index contributed by atoms with van der Waals surface area (Å²) in [5.74, 6) is 0.559. The van der Waals surface area contributed by atoms with Crippen molar-refractivity contribution in [2.24, 2.45) is 0 Å². The van der Waals surface area contributed by atoms with Crippen molar-refractivity contribution < 1.29 is 9.90 Å². The number of aryl methyl sites for hydroxylation is 2. The van der Waals surface area contributed by atoms with Gasteiger partial charge in [-0.05, 0) is 26.3 Å². The molecule has 0 bridgehead atoms. The van der Waals surface area contributed by atoms with Gasteiger partial charge in [-0.3, -0.25) is 0 Å². The standard InChI is InChI=1S/C9H13N3O2/c1-6(4-9(13)14)5-12-8(3)10-7(2)11-12/h4H,5H2,1-3H3,(H,13,14). The Labute approximate surface area is 82.1 Å². The average Bonchev–Trinajstić information content (AvgIpc) is 2.28. The highest BCUT2D eigenvalue weighted by Crippen LogP contribution is 2.01. The number of carboxylic acid groups (broad SMARTS) is 1. The van der Waals surface area contributed by atoms with Crippen LogP contribution in [0.4, 0.5) is 0 Å². The number of nitrogens with zero attached hydrogens (tertiary/aromatic N) is 3. The monoisotopic (exact) mass is 195 g/mol. The van der Waals surface area contributed by atoms with Crippen LogP contribution in [0.5, 0.6) is 0 Å². The molecule has 0 amide bonds. The Morgan fingerprint density at radius 1 is 1.57 bits per heavy atom. The summed E-state index contributed by atoms with van der Waals surface area (Å²) in [7, 11) is 0. The van der Waals surface area contributed by atoms with Crippen LogP contribution in [0, 0.1) is 13.8 Å². The van der Waals surface area contributed by atoms with Crippen molar-refractivity contribution in [1.82, 2.24) is 14.8 Å². The van der Waals surface area contributed by atoms with Gasteiger partial charge >= 0.3 is 5.97 Å². The van der Waals surface area contributed by atoms with Crippen LogP contribution in [0.15, 0.2) is 11.6 Å².